The highest BCUT2D eigenvalue weighted by Crippen LogP contribution is 2.37. The number of nitrogens with one attached hydrogen (secondary N) is 1. The molecule has 0 saturated carbocycles. The third kappa shape index (κ3) is 5.34. The number of carbonyl (C=O) groups is 3. The Kier molecular flexibility index (Phi) is 7.07. The maximum Gasteiger partial charge on any atom is 0.312 e. The Morgan fingerprint density at radius 1 is 1.15 bits per heavy atom. The highest BCUT2D eigenvalue weighted by atomic mass is 32.1. The summed E-state index contributed by atoms with van der Waals surface area (Å²) in [6.45, 7) is 3.35. The number of hydrogen-bond donors (Lipinski definition) is 1. The van der Waals surface area contributed by atoms with Crippen LogP contribution >= 0.6 is 11.3 Å². The van der Waals surface area contributed by atoms with Gasteiger partial charge in [-0.15, -0.1) is 11.3 Å². The Balaban J connectivity index is 1.34. The van der Waals surface area contributed by atoms with Crippen molar-refractivity contribution in [3.63, 3.8) is 0 Å². The summed E-state index contributed by atoms with van der Waals surface area (Å²) in [6.07, 6.45) is -0.0801. The second kappa shape index (κ2) is 10.3. The molecule has 2 heterocycles. The number of anilines is 1. The van der Waals surface area contributed by atoms with Crippen molar-refractivity contribution in [2.75, 3.05) is 25.3 Å². The molecular formula is C24H22N2O7S. The van der Waals surface area contributed by atoms with E-state index < -0.39 is 18.5 Å². The van der Waals surface area contributed by atoms with Crippen LogP contribution < -0.4 is 19.5 Å². The quantitative estimate of drug-likeness (QED) is 0.361. The number of Topliss-reactive ketones (excluding diaryl/α,β-unsaturated/α-hetero) is 1. The molecule has 1 aromatic heterocycles. The lowest BCUT2D eigenvalue weighted by Gasteiger charge is -2.11. The van der Waals surface area contributed by atoms with Gasteiger partial charge in [0.2, 0.25) is 6.79 Å². The molecule has 1 N–H and O–H groups in total. The van der Waals surface area contributed by atoms with Crippen molar-refractivity contribution in [2.45, 2.75) is 20.3 Å². The number of benzene rings is 2. The van der Waals surface area contributed by atoms with Gasteiger partial charge in [-0.25, -0.2) is 4.98 Å². The predicted octanol–water partition coefficient (Wildman–Crippen LogP) is 3.86. The lowest BCUT2D eigenvalue weighted by Crippen LogP contribution is -2.22. The highest BCUT2D eigenvalue weighted by Gasteiger charge is 2.21. The van der Waals surface area contributed by atoms with Gasteiger partial charge >= 0.3 is 5.97 Å². The fraction of sp³-hybridized carbons (Fsp3) is 0.250. The Morgan fingerprint density at radius 3 is 2.68 bits per heavy atom. The fourth-order valence-corrected chi connectivity index (χ4v) is 4.15. The van der Waals surface area contributed by atoms with Crippen molar-refractivity contribution in [1.29, 1.82) is 0 Å². The number of nitrogens with zero attached hydrogens (tertiary/aromatic N) is 1. The molecule has 0 atom stereocenters. The minimum absolute atomic E-state index is 0.0389. The SMILES string of the molecule is CCOc1ccccc1-c1nc(CC(=O)OCC(=O)Nc2cc3c(cc2C(C)=O)OCO3)cs1. The molecule has 3 aromatic rings. The number of esters is 1. The van der Waals surface area contributed by atoms with Crippen molar-refractivity contribution in [2.24, 2.45) is 0 Å². The molecule has 4 rings (SSSR count). The number of ether oxygens (including phenoxy) is 4. The van der Waals surface area contributed by atoms with Crippen molar-refractivity contribution < 1.29 is 33.3 Å². The largest absolute Gasteiger partial charge is 0.493 e. The zero-order chi connectivity index (χ0) is 24.1. The number of ketones is 1. The van der Waals surface area contributed by atoms with E-state index in [9.17, 15) is 14.4 Å². The van der Waals surface area contributed by atoms with Gasteiger partial charge < -0.3 is 24.3 Å². The molecule has 0 bridgehead atoms. The van der Waals surface area contributed by atoms with Crippen molar-refractivity contribution >= 4 is 34.7 Å². The number of hydrogen-bond acceptors (Lipinski definition) is 9. The first-order valence-electron chi connectivity index (χ1n) is 10.5. The van der Waals surface area contributed by atoms with Crippen LogP contribution in [0.2, 0.25) is 0 Å². The summed E-state index contributed by atoms with van der Waals surface area (Å²) < 4.78 is 21.3. The normalized spacial score (nSPS) is 11.7. The molecule has 0 saturated heterocycles. The van der Waals surface area contributed by atoms with Gasteiger partial charge in [0.15, 0.2) is 23.9 Å². The first-order chi connectivity index (χ1) is 16.4. The van der Waals surface area contributed by atoms with Crippen LogP contribution in [0.5, 0.6) is 17.2 Å². The molecule has 9 nitrogen and oxygen atoms in total. The molecule has 10 heteroatoms. The maximum absolute atomic E-state index is 12.3. The van der Waals surface area contributed by atoms with Crippen LogP contribution in [-0.4, -0.2) is 42.7 Å². The van der Waals surface area contributed by atoms with E-state index in [1.54, 1.807) is 5.38 Å². The first kappa shape index (κ1) is 23.2. The van der Waals surface area contributed by atoms with Crippen LogP contribution in [0.15, 0.2) is 41.8 Å². The average molecular weight is 483 g/mol. The minimum atomic E-state index is -0.595. The van der Waals surface area contributed by atoms with Gasteiger partial charge in [0.1, 0.15) is 10.8 Å². The molecule has 1 aliphatic rings. The fourth-order valence-electron chi connectivity index (χ4n) is 3.30. The van der Waals surface area contributed by atoms with E-state index in [4.69, 9.17) is 18.9 Å². The second-order valence-electron chi connectivity index (χ2n) is 7.27. The Labute approximate surface area is 199 Å². The number of rotatable bonds is 9. The van der Waals surface area contributed by atoms with Gasteiger partial charge in [0, 0.05) is 17.0 Å². The smallest absolute Gasteiger partial charge is 0.312 e. The molecule has 0 aliphatic carbocycles. The molecule has 1 amide bonds. The summed E-state index contributed by atoms with van der Waals surface area (Å²) in [6, 6.07) is 10.6. The van der Waals surface area contributed by atoms with Crippen LogP contribution in [0.25, 0.3) is 10.6 Å². The number of fused-ring (bicyclic) bond motifs is 1. The Hall–Kier alpha value is -3.92. The second-order valence-corrected chi connectivity index (χ2v) is 8.12. The molecule has 176 valence electrons. The van der Waals surface area contributed by atoms with Crippen LogP contribution in [-0.2, 0) is 20.7 Å². The van der Waals surface area contributed by atoms with E-state index >= 15 is 0 Å². The Morgan fingerprint density at radius 2 is 1.91 bits per heavy atom. The summed E-state index contributed by atoms with van der Waals surface area (Å²) in [5.74, 6) is 0.139. The standard InChI is InChI=1S/C24H22N2O7S/c1-3-30-19-7-5-4-6-16(19)24-25-15(12-34-24)8-23(29)31-11-22(28)26-18-10-21-20(32-13-33-21)9-17(18)14(2)27/h4-7,9-10,12H,3,8,11,13H2,1-2H3,(H,26,28). The molecule has 0 fully saturated rings. The van der Waals surface area contributed by atoms with Crippen LogP contribution in [0.4, 0.5) is 5.69 Å². The summed E-state index contributed by atoms with van der Waals surface area (Å²) in [7, 11) is 0. The molecule has 0 unspecified atom stereocenters. The summed E-state index contributed by atoms with van der Waals surface area (Å²) in [5, 5.41) is 5.08. The van der Waals surface area contributed by atoms with E-state index in [0.717, 1.165) is 16.3 Å². The molecule has 2 aromatic carbocycles. The molecule has 0 spiro atoms. The molecule has 0 radical (unpaired) electrons. The maximum atomic E-state index is 12.3. The monoisotopic (exact) mass is 482 g/mol. The van der Waals surface area contributed by atoms with E-state index in [2.05, 4.69) is 10.3 Å². The van der Waals surface area contributed by atoms with Gasteiger partial charge in [0.05, 0.1) is 30.0 Å². The summed E-state index contributed by atoms with van der Waals surface area (Å²) in [5.41, 5.74) is 1.91. The first-order valence-corrected chi connectivity index (χ1v) is 11.4. The van der Waals surface area contributed by atoms with Crippen molar-refractivity contribution in [1.82, 2.24) is 4.98 Å². The summed E-state index contributed by atoms with van der Waals surface area (Å²) >= 11 is 1.39. The number of aromatic nitrogens is 1. The average Bonchev–Trinajstić information content (AvgIpc) is 3.47. The van der Waals surface area contributed by atoms with Gasteiger partial charge in [-0.05, 0) is 32.0 Å². The van der Waals surface area contributed by atoms with Gasteiger partial charge in [-0.3, -0.25) is 14.4 Å². The topological polar surface area (TPSA) is 113 Å². The molecule has 1 aliphatic heterocycles. The third-order valence-corrected chi connectivity index (χ3v) is 5.75. The third-order valence-electron chi connectivity index (χ3n) is 4.82. The minimum Gasteiger partial charge on any atom is -0.493 e. The number of amides is 1. The van der Waals surface area contributed by atoms with E-state index in [0.29, 0.717) is 23.8 Å². The number of thiazole rings is 1. The number of carbonyl (C=O) groups excluding carboxylic acids is 3. The van der Waals surface area contributed by atoms with Crippen LogP contribution in [0, 0.1) is 0 Å². The lowest BCUT2D eigenvalue weighted by atomic mass is 10.1. The van der Waals surface area contributed by atoms with Gasteiger partial charge in [0.25, 0.3) is 5.91 Å². The summed E-state index contributed by atoms with van der Waals surface area (Å²) in [4.78, 5) is 41.0. The van der Waals surface area contributed by atoms with Gasteiger partial charge in [-0.2, -0.15) is 0 Å². The zero-order valence-corrected chi connectivity index (χ0v) is 19.4. The predicted molar refractivity (Wildman–Crippen MR) is 125 cm³/mol. The van der Waals surface area contributed by atoms with E-state index in [1.165, 1.54) is 30.4 Å². The van der Waals surface area contributed by atoms with Gasteiger partial charge in [-0.1, -0.05) is 12.1 Å². The van der Waals surface area contributed by atoms with E-state index in [-0.39, 0.29) is 30.2 Å². The zero-order valence-electron chi connectivity index (χ0n) is 18.6. The van der Waals surface area contributed by atoms with E-state index in [1.807, 2.05) is 31.2 Å². The molecular weight excluding hydrogens is 460 g/mol. The lowest BCUT2D eigenvalue weighted by molar-refractivity contribution is -0.146. The molecule has 34 heavy (non-hydrogen) atoms. The van der Waals surface area contributed by atoms with Crippen molar-refractivity contribution in [3.05, 3.63) is 53.0 Å². The van der Waals surface area contributed by atoms with Crippen LogP contribution in [0.3, 0.4) is 0 Å². The number of para-hydroxylation sites is 1. The van der Waals surface area contributed by atoms with Crippen LogP contribution in [0.1, 0.15) is 29.9 Å². The van der Waals surface area contributed by atoms with Crippen molar-refractivity contribution in [3.8, 4) is 27.8 Å². The Bertz CT molecular complexity index is 1240. The highest BCUT2D eigenvalue weighted by molar-refractivity contribution is 7.13.